The van der Waals surface area contributed by atoms with Crippen molar-refractivity contribution in [1.82, 2.24) is 9.55 Å². The number of alkyl halides is 1. The van der Waals surface area contributed by atoms with Crippen LogP contribution in [0.15, 0.2) is 18.1 Å². The van der Waals surface area contributed by atoms with Crippen LogP contribution in [-0.2, 0) is 0 Å². The summed E-state index contributed by atoms with van der Waals surface area (Å²) in [6.45, 7) is 0. The Morgan fingerprint density at radius 1 is 1.28 bits per heavy atom. The predicted molar refractivity (Wildman–Crippen MR) is 78.8 cm³/mol. The molecule has 0 bridgehead atoms. The molecule has 3 rings (SSSR count). The van der Waals surface area contributed by atoms with Gasteiger partial charge in [0.05, 0.1) is 18.2 Å². The number of rotatable bonds is 4. The minimum absolute atomic E-state index is 0.724. The zero-order valence-electron chi connectivity index (χ0n) is 10.8. The Bertz CT molecular complexity index is 425. The highest BCUT2D eigenvalue weighted by Gasteiger charge is 2.25. The molecule has 2 aliphatic rings. The van der Waals surface area contributed by atoms with Crippen molar-refractivity contribution < 1.29 is 0 Å². The van der Waals surface area contributed by atoms with E-state index in [4.69, 9.17) is 0 Å². The highest BCUT2D eigenvalue weighted by molar-refractivity contribution is 9.09. The van der Waals surface area contributed by atoms with Gasteiger partial charge in [0.25, 0.3) is 0 Å². The lowest BCUT2D eigenvalue weighted by Crippen LogP contribution is -2.10. The van der Waals surface area contributed by atoms with Gasteiger partial charge in [0.15, 0.2) is 0 Å². The molecule has 1 aromatic heterocycles. The Labute approximate surface area is 118 Å². The summed E-state index contributed by atoms with van der Waals surface area (Å²) in [5, 5.41) is 1.01. The van der Waals surface area contributed by atoms with Crippen molar-refractivity contribution in [3.63, 3.8) is 0 Å². The molecule has 0 radical (unpaired) electrons. The van der Waals surface area contributed by atoms with Gasteiger partial charge in [-0.2, -0.15) is 0 Å². The van der Waals surface area contributed by atoms with E-state index in [1.165, 1.54) is 50.6 Å². The van der Waals surface area contributed by atoms with Gasteiger partial charge in [0.1, 0.15) is 0 Å². The van der Waals surface area contributed by atoms with E-state index < -0.39 is 0 Å². The van der Waals surface area contributed by atoms with Gasteiger partial charge in [-0.3, -0.25) is 0 Å². The topological polar surface area (TPSA) is 17.8 Å². The molecule has 2 aliphatic carbocycles. The standard InChI is InChI=1S/C15H21BrN2/c16-9-13(12-4-2-1-3-5-12)8-15-10-17-11-18(15)14-6-7-14/h8,10-12,14H,1-7,9H2. The van der Waals surface area contributed by atoms with Crippen LogP contribution < -0.4 is 0 Å². The Morgan fingerprint density at radius 2 is 2.06 bits per heavy atom. The second kappa shape index (κ2) is 5.60. The minimum Gasteiger partial charge on any atom is -0.328 e. The molecule has 0 amide bonds. The molecule has 2 saturated carbocycles. The van der Waals surface area contributed by atoms with Gasteiger partial charge in [-0.15, -0.1) is 0 Å². The monoisotopic (exact) mass is 308 g/mol. The summed E-state index contributed by atoms with van der Waals surface area (Å²) in [4.78, 5) is 4.32. The van der Waals surface area contributed by atoms with Crippen LogP contribution in [0.1, 0.15) is 56.7 Å². The van der Waals surface area contributed by atoms with Crippen LogP contribution in [0.2, 0.25) is 0 Å². The summed E-state index contributed by atoms with van der Waals surface area (Å²) in [5.74, 6) is 0.792. The van der Waals surface area contributed by atoms with Crippen molar-refractivity contribution in [2.24, 2.45) is 5.92 Å². The van der Waals surface area contributed by atoms with Crippen molar-refractivity contribution in [2.75, 3.05) is 5.33 Å². The quantitative estimate of drug-likeness (QED) is 0.745. The number of imidazole rings is 1. The normalized spacial score (nSPS) is 22.4. The van der Waals surface area contributed by atoms with Crippen molar-refractivity contribution in [1.29, 1.82) is 0 Å². The van der Waals surface area contributed by atoms with Crippen LogP contribution >= 0.6 is 15.9 Å². The lowest BCUT2D eigenvalue weighted by molar-refractivity contribution is 0.405. The second-order valence-corrected chi connectivity index (χ2v) is 6.21. The molecule has 2 nitrogen and oxygen atoms in total. The molecule has 1 heterocycles. The minimum atomic E-state index is 0.724. The number of nitrogens with zero attached hydrogens (tertiary/aromatic N) is 2. The lowest BCUT2D eigenvalue weighted by atomic mass is 9.84. The SMILES string of the molecule is BrCC(=Cc1cncn1C1CC1)C1CCCCC1. The number of hydrogen-bond acceptors (Lipinski definition) is 1. The van der Waals surface area contributed by atoms with E-state index in [2.05, 4.69) is 31.6 Å². The van der Waals surface area contributed by atoms with E-state index in [0.717, 1.165) is 17.3 Å². The summed E-state index contributed by atoms with van der Waals surface area (Å²) in [6.07, 6.45) is 16.0. The third kappa shape index (κ3) is 2.71. The van der Waals surface area contributed by atoms with Gasteiger partial charge in [0, 0.05) is 11.4 Å². The van der Waals surface area contributed by atoms with Crippen LogP contribution in [0.25, 0.3) is 6.08 Å². The van der Waals surface area contributed by atoms with Crippen molar-refractivity contribution in [3.05, 3.63) is 23.8 Å². The average molecular weight is 309 g/mol. The molecule has 0 saturated heterocycles. The first-order valence-electron chi connectivity index (χ1n) is 7.16. The Balaban J connectivity index is 1.80. The second-order valence-electron chi connectivity index (χ2n) is 5.64. The molecule has 3 heteroatoms. The number of aromatic nitrogens is 2. The summed E-state index contributed by atoms with van der Waals surface area (Å²) in [6, 6.07) is 0.724. The summed E-state index contributed by atoms with van der Waals surface area (Å²) in [5.41, 5.74) is 2.87. The molecule has 0 aliphatic heterocycles. The van der Waals surface area contributed by atoms with Gasteiger partial charge in [0.2, 0.25) is 0 Å². The Hall–Kier alpha value is -0.570. The van der Waals surface area contributed by atoms with Crippen LogP contribution in [0.5, 0.6) is 0 Å². The number of allylic oxidation sites excluding steroid dienone is 1. The largest absolute Gasteiger partial charge is 0.328 e. The highest BCUT2D eigenvalue weighted by Crippen LogP contribution is 2.37. The maximum Gasteiger partial charge on any atom is 0.0953 e. The lowest BCUT2D eigenvalue weighted by Gasteiger charge is -2.23. The molecule has 18 heavy (non-hydrogen) atoms. The van der Waals surface area contributed by atoms with Gasteiger partial charge >= 0.3 is 0 Å². The predicted octanol–water partition coefficient (Wildman–Crippen LogP) is 4.58. The average Bonchev–Trinajstić information content (AvgIpc) is 3.17. The first kappa shape index (κ1) is 12.5. The van der Waals surface area contributed by atoms with E-state index in [-0.39, 0.29) is 0 Å². The van der Waals surface area contributed by atoms with Gasteiger partial charge in [-0.1, -0.05) is 40.8 Å². The fourth-order valence-corrected chi connectivity index (χ4v) is 3.63. The van der Waals surface area contributed by atoms with Crippen molar-refractivity contribution >= 4 is 22.0 Å². The van der Waals surface area contributed by atoms with E-state index in [1.54, 1.807) is 5.57 Å². The molecule has 2 fully saturated rings. The fraction of sp³-hybridized carbons (Fsp3) is 0.667. The molecule has 1 aromatic rings. The van der Waals surface area contributed by atoms with Crippen LogP contribution in [0.4, 0.5) is 0 Å². The summed E-state index contributed by atoms with van der Waals surface area (Å²) < 4.78 is 2.35. The van der Waals surface area contributed by atoms with E-state index in [0.29, 0.717) is 0 Å². The molecule has 98 valence electrons. The van der Waals surface area contributed by atoms with Gasteiger partial charge in [-0.05, 0) is 37.7 Å². The Morgan fingerprint density at radius 3 is 2.72 bits per heavy atom. The Kier molecular flexibility index (Phi) is 3.88. The maximum absolute atomic E-state index is 4.32. The molecule has 0 spiro atoms. The third-order valence-electron chi connectivity index (χ3n) is 4.25. The van der Waals surface area contributed by atoms with Crippen molar-refractivity contribution in [3.8, 4) is 0 Å². The molecular formula is C15H21BrN2. The smallest absolute Gasteiger partial charge is 0.0953 e. The number of hydrogen-bond donors (Lipinski definition) is 0. The molecule has 0 aromatic carbocycles. The zero-order valence-corrected chi connectivity index (χ0v) is 12.4. The van der Waals surface area contributed by atoms with Gasteiger partial charge < -0.3 is 4.57 Å². The highest BCUT2D eigenvalue weighted by atomic mass is 79.9. The third-order valence-corrected chi connectivity index (χ3v) is 4.90. The van der Waals surface area contributed by atoms with E-state index in [1.807, 2.05) is 12.5 Å². The van der Waals surface area contributed by atoms with E-state index in [9.17, 15) is 0 Å². The fourth-order valence-electron chi connectivity index (χ4n) is 3.01. The summed E-state index contributed by atoms with van der Waals surface area (Å²) >= 11 is 3.68. The summed E-state index contributed by atoms with van der Waals surface area (Å²) in [7, 11) is 0. The zero-order chi connectivity index (χ0) is 12.4. The molecule has 0 atom stereocenters. The molecule has 0 N–H and O–H groups in total. The van der Waals surface area contributed by atoms with Crippen LogP contribution in [-0.4, -0.2) is 14.9 Å². The van der Waals surface area contributed by atoms with E-state index >= 15 is 0 Å². The number of halogens is 1. The maximum atomic E-state index is 4.32. The van der Waals surface area contributed by atoms with Gasteiger partial charge in [-0.25, -0.2) is 4.98 Å². The molecular weight excluding hydrogens is 288 g/mol. The van der Waals surface area contributed by atoms with Crippen molar-refractivity contribution in [2.45, 2.75) is 51.0 Å². The molecule has 0 unspecified atom stereocenters. The first-order chi connectivity index (χ1) is 8.88. The first-order valence-corrected chi connectivity index (χ1v) is 8.29. The van der Waals surface area contributed by atoms with Crippen LogP contribution in [0.3, 0.4) is 0 Å². The van der Waals surface area contributed by atoms with Crippen LogP contribution in [0, 0.1) is 5.92 Å².